The number of nitrogens with one attached hydrogen (secondary N) is 1. The van der Waals surface area contributed by atoms with Crippen LogP contribution in [0.4, 0.5) is 0 Å². The summed E-state index contributed by atoms with van der Waals surface area (Å²) in [6.07, 6.45) is 0. The lowest BCUT2D eigenvalue weighted by molar-refractivity contribution is -0.138. The topological polar surface area (TPSA) is 67.8 Å². The number of benzene rings is 2. The minimum Gasteiger partial charge on any atom is -0.490 e. The van der Waals surface area contributed by atoms with Crippen molar-refractivity contribution in [1.82, 2.24) is 5.32 Å². The maximum atomic E-state index is 11.2. The van der Waals surface area contributed by atoms with Crippen LogP contribution in [0.1, 0.15) is 10.9 Å². The van der Waals surface area contributed by atoms with Crippen LogP contribution in [0, 0.1) is 0 Å². The van der Waals surface area contributed by atoms with E-state index in [-0.39, 0.29) is 5.37 Å². The van der Waals surface area contributed by atoms with Gasteiger partial charge in [-0.3, -0.25) is 10.1 Å². The Bertz CT molecular complexity index is 774. The summed E-state index contributed by atoms with van der Waals surface area (Å²) in [4.78, 5) is 11.2. The number of aliphatic carboxylic acids is 1. The molecule has 3 rings (SSSR count). The average molecular weight is 459 g/mol. The van der Waals surface area contributed by atoms with Gasteiger partial charge in [0.15, 0.2) is 0 Å². The van der Waals surface area contributed by atoms with Crippen molar-refractivity contribution in [3.8, 4) is 11.5 Å². The Kier molecular flexibility index (Phi) is 6.69. The molecule has 2 N–H and O–H groups in total. The third-order valence-electron chi connectivity index (χ3n) is 3.76. The van der Waals surface area contributed by atoms with Gasteiger partial charge in [-0.15, -0.1) is 11.8 Å². The van der Waals surface area contributed by atoms with Crippen LogP contribution in [0.3, 0.4) is 0 Å². The average Bonchev–Trinajstić information content (AvgIpc) is 3.11. The van der Waals surface area contributed by atoms with Crippen molar-refractivity contribution >= 4 is 45.3 Å². The number of carboxylic acids is 1. The number of thioether (sulfide) groups is 1. The summed E-state index contributed by atoms with van der Waals surface area (Å²) in [5.41, 5.74) is 0.916. The van der Waals surface area contributed by atoms with Gasteiger partial charge in [0.05, 0.1) is 5.37 Å². The summed E-state index contributed by atoms with van der Waals surface area (Å²) in [5.74, 6) is 1.12. The van der Waals surface area contributed by atoms with Gasteiger partial charge in [-0.25, -0.2) is 0 Å². The van der Waals surface area contributed by atoms with Crippen molar-refractivity contribution in [2.24, 2.45) is 0 Å². The van der Waals surface area contributed by atoms with E-state index in [0.717, 1.165) is 15.8 Å². The van der Waals surface area contributed by atoms with Crippen LogP contribution in [0.25, 0.3) is 0 Å². The third kappa shape index (κ3) is 5.07. The minimum absolute atomic E-state index is 0.124. The molecule has 1 aliphatic rings. The van der Waals surface area contributed by atoms with Crippen LogP contribution in [0.15, 0.2) is 46.9 Å². The predicted octanol–water partition coefficient (Wildman–Crippen LogP) is 4.35. The van der Waals surface area contributed by atoms with Gasteiger partial charge in [-0.2, -0.15) is 0 Å². The first-order chi connectivity index (χ1) is 12.5. The van der Waals surface area contributed by atoms with Gasteiger partial charge in [-0.05, 0) is 42.5 Å². The first-order valence-corrected chi connectivity index (χ1v) is 10.2. The lowest BCUT2D eigenvalue weighted by Crippen LogP contribution is -2.33. The summed E-state index contributed by atoms with van der Waals surface area (Å²) in [7, 11) is 0. The van der Waals surface area contributed by atoms with E-state index in [9.17, 15) is 4.79 Å². The Hall–Kier alpha value is -1.41. The number of hydrogen-bond acceptors (Lipinski definition) is 5. The molecule has 5 nitrogen and oxygen atoms in total. The zero-order chi connectivity index (χ0) is 18.5. The fourth-order valence-corrected chi connectivity index (χ4v) is 4.24. The molecule has 8 heteroatoms. The number of carbonyl (C=O) groups is 1. The van der Waals surface area contributed by atoms with Crippen LogP contribution in [-0.4, -0.2) is 36.1 Å². The smallest absolute Gasteiger partial charge is 0.321 e. The number of halogens is 2. The Morgan fingerprint density at radius 3 is 2.65 bits per heavy atom. The molecule has 2 atom stereocenters. The molecule has 0 spiro atoms. The zero-order valence-electron chi connectivity index (χ0n) is 13.7. The van der Waals surface area contributed by atoms with Crippen molar-refractivity contribution in [3.63, 3.8) is 0 Å². The highest BCUT2D eigenvalue weighted by Crippen LogP contribution is 2.39. The number of carboxylic acid groups (broad SMARTS) is 1. The summed E-state index contributed by atoms with van der Waals surface area (Å²) in [6.45, 7) is 0.761. The van der Waals surface area contributed by atoms with Crippen molar-refractivity contribution in [1.29, 1.82) is 0 Å². The second kappa shape index (κ2) is 8.99. The maximum absolute atomic E-state index is 11.2. The van der Waals surface area contributed by atoms with E-state index in [1.165, 1.54) is 0 Å². The van der Waals surface area contributed by atoms with Crippen LogP contribution >= 0.6 is 39.3 Å². The Morgan fingerprint density at radius 2 is 1.96 bits per heavy atom. The molecule has 1 fully saturated rings. The predicted molar refractivity (Wildman–Crippen MR) is 106 cm³/mol. The lowest BCUT2D eigenvalue weighted by Gasteiger charge is -2.17. The summed E-state index contributed by atoms with van der Waals surface area (Å²) >= 11 is 10.9. The molecule has 1 heterocycles. The molecule has 1 saturated heterocycles. The zero-order valence-corrected chi connectivity index (χ0v) is 16.8. The number of hydrogen-bond donors (Lipinski definition) is 2. The largest absolute Gasteiger partial charge is 0.490 e. The van der Waals surface area contributed by atoms with Crippen LogP contribution < -0.4 is 14.8 Å². The summed E-state index contributed by atoms with van der Waals surface area (Å²) < 4.78 is 12.4. The van der Waals surface area contributed by atoms with Crippen molar-refractivity contribution in [2.75, 3.05) is 19.0 Å². The molecule has 2 aromatic carbocycles. The van der Waals surface area contributed by atoms with E-state index in [0.29, 0.717) is 29.7 Å². The van der Waals surface area contributed by atoms with Gasteiger partial charge in [-0.1, -0.05) is 27.5 Å². The minimum atomic E-state index is -0.839. The quantitative estimate of drug-likeness (QED) is 0.601. The van der Waals surface area contributed by atoms with Crippen molar-refractivity contribution < 1.29 is 19.4 Å². The molecule has 2 unspecified atom stereocenters. The first kappa shape index (κ1) is 19.4. The van der Waals surface area contributed by atoms with Gasteiger partial charge >= 0.3 is 5.97 Å². The number of rotatable bonds is 7. The van der Waals surface area contributed by atoms with Gasteiger partial charge < -0.3 is 14.6 Å². The van der Waals surface area contributed by atoms with E-state index in [1.807, 2.05) is 18.2 Å². The fraction of sp³-hybridized carbons (Fsp3) is 0.278. The highest BCUT2D eigenvalue weighted by Gasteiger charge is 2.32. The molecule has 2 aromatic rings. The molecule has 0 saturated carbocycles. The molecule has 138 valence electrons. The first-order valence-electron chi connectivity index (χ1n) is 7.94. The van der Waals surface area contributed by atoms with E-state index in [1.54, 1.807) is 36.0 Å². The van der Waals surface area contributed by atoms with E-state index >= 15 is 0 Å². The fourth-order valence-electron chi connectivity index (χ4n) is 2.49. The molecular weight excluding hydrogens is 442 g/mol. The molecule has 26 heavy (non-hydrogen) atoms. The highest BCUT2D eigenvalue weighted by atomic mass is 79.9. The van der Waals surface area contributed by atoms with Gasteiger partial charge in [0.25, 0.3) is 0 Å². The normalized spacial score (nSPS) is 19.3. The third-order valence-corrected chi connectivity index (χ3v) is 5.75. The van der Waals surface area contributed by atoms with Crippen molar-refractivity contribution in [3.05, 3.63) is 57.5 Å². The second-order valence-electron chi connectivity index (χ2n) is 5.60. The highest BCUT2D eigenvalue weighted by molar-refractivity contribution is 9.10. The second-order valence-corrected chi connectivity index (χ2v) is 8.09. The monoisotopic (exact) mass is 457 g/mol. The Balaban J connectivity index is 1.59. The molecule has 1 aliphatic heterocycles. The summed E-state index contributed by atoms with van der Waals surface area (Å²) in [6, 6.07) is 12.3. The van der Waals surface area contributed by atoms with Crippen LogP contribution in [0.5, 0.6) is 11.5 Å². The van der Waals surface area contributed by atoms with Gasteiger partial charge in [0.1, 0.15) is 30.8 Å². The molecule has 0 bridgehead atoms. The SMILES string of the molecule is O=C(O)C1CSC(c2cc(Br)ccc2OCCOc2ccc(Cl)cc2)N1. The molecule has 0 radical (unpaired) electrons. The molecular formula is C18H17BrClNO4S. The van der Waals surface area contributed by atoms with E-state index < -0.39 is 12.0 Å². The van der Waals surface area contributed by atoms with Crippen LogP contribution in [0.2, 0.25) is 5.02 Å². The molecule has 0 aromatic heterocycles. The van der Waals surface area contributed by atoms with Crippen LogP contribution in [-0.2, 0) is 4.79 Å². The maximum Gasteiger partial charge on any atom is 0.321 e. The molecule has 0 amide bonds. The lowest BCUT2D eigenvalue weighted by atomic mass is 10.2. The van der Waals surface area contributed by atoms with E-state index in [2.05, 4.69) is 21.2 Å². The van der Waals surface area contributed by atoms with E-state index in [4.69, 9.17) is 26.2 Å². The Morgan fingerprint density at radius 1 is 1.23 bits per heavy atom. The standard InChI is InChI=1S/C18H17BrClNO4S/c19-11-1-6-16(14(9-11)17-21-15(10-26-17)18(22)23)25-8-7-24-13-4-2-12(20)3-5-13/h1-6,9,15,17,21H,7-8,10H2,(H,22,23). The van der Waals surface area contributed by atoms with Gasteiger partial charge in [0.2, 0.25) is 0 Å². The van der Waals surface area contributed by atoms with Crippen molar-refractivity contribution in [2.45, 2.75) is 11.4 Å². The molecule has 0 aliphatic carbocycles. The summed E-state index contributed by atoms with van der Waals surface area (Å²) in [5, 5.41) is 12.8. The number of ether oxygens (including phenoxy) is 2. The Labute approximate surface area is 169 Å². The van der Waals surface area contributed by atoms with Gasteiger partial charge in [0, 0.05) is 20.8 Å².